The molecule has 2 saturated carbocycles. The lowest BCUT2D eigenvalue weighted by atomic mass is 9.91. The van der Waals surface area contributed by atoms with Gasteiger partial charge in [-0.15, -0.1) is 0 Å². The minimum Gasteiger partial charge on any atom is -0.381 e. The molecule has 0 bridgehead atoms. The Hall–Kier alpha value is -1.10. The van der Waals surface area contributed by atoms with E-state index < -0.39 is 5.54 Å². The van der Waals surface area contributed by atoms with Gasteiger partial charge in [-0.25, -0.2) is 0 Å². The molecular weight excluding hydrogens is 256 g/mol. The Morgan fingerprint density at radius 1 is 1.30 bits per heavy atom. The van der Waals surface area contributed by atoms with Gasteiger partial charge in [-0.05, 0) is 50.9 Å². The lowest BCUT2D eigenvalue weighted by Crippen LogP contribution is -2.66. The molecule has 3 fully saturated rings. The molecule has 0 radical (unpaired) electrons. The van der Waals surface area contributed by atoms with Gasteiger partial charge in [0.15, 0.2) is 0 Å². The van der Waals surface area contributed by atoms with E-state index in [1.807, 2.05) is 6.92 Å². The number of nitrogens with one attached hydrogen (secondary N) is 1. The van der Waals surface area contributed by atoms with E-state index in [1.165, 1.54) is 12.8 Å². The number of rotatable bonds is 7. The second-order valence-electron chi connectivity index (χ2n) is 6.62. The molecule has 1 atom stereocenters. The van der Waals surface area contributed by atoms with Gasteiger partial charge in [-0.2, -0.15) is 0 Å². The first kappa shape index (κ1) is 13.9. The highest BCUT2D eigenvalue weighted by atomic mass is 16.5. The Balaban J connectivity index is 1.46. The van der Waals surface area contributed by atoms with Crippen molar-refractivity contribution in [1.82, 2.24) is 10.2 Å². The van der Waals surface area contributed by atoms with Gasteiger partial charge < -0.3 is 15.0 Å². The topological polar surface area (TPSA) is 58.6 Å². The first-order valence-electron chi connectivity index (χ1n) is 7.78. The molecule has 1 aliphatic heterocycles. The highest BCUT2D eigenvalue weighted by molar-refractivity contribution is 5.98. The summed E-state index contributed by atoms with van der Waals surface area (Å²) in [5, 5.41) is 2.90. The summed E-state index contributed by atoms with van der Waals surface area (Å²) in [6, 6.07) is 0. The van der Waals surface area contributed by atoms with E-state index in [2.05, 4.69) is 5.32 Å². The molecule has 0 aromatic rings. The molecule has 5 nitrogen and oxygen atoms in total. The Kier molecular flexibility index (Phi) is 3.71. The van der Waals surface area contributed by atoms with Crippen LogP contribution in [0.5, 0.6) is 0 Å². The molecule has 1 unspecified atom stereocenters. The van der Waals surface area contributed by atoms with Gasteiger partial charge in [0.2, 0.25) is 11.8 Å². The Labute approximate surface area is 120 Å². The third kappa shape index (κ3) is 2.97. The van der Waals surface area contributed by atoms with Crippen LogP contribution in [0.3, 0.4) is 0 Å². The fourth-order valence-electron chi connectivity index (χ4n) is 2.97. The maximum atomic E-state index is 12.5. The van der Waals surface area contributed by atoms with Gasteiger partial charge in [-0.1, -0.05) is 0 Å². The molecule has 3 aliphatic rings. The summed E-state index contributed by atoms with van der Waals surface area (Å²) in [5.41, 5.74) is -0.662. The van der Waals surface area contributed by atoms with Crippen LogP contribution in [-0.4, -0.2) is 48.6 Å². The fourth-order valence-corrected chi connectivity index (χ4v) is 2.97. The molecule has 20 heavy (non-hydrogen) atoms. The number of nitrogens with zero attached hydrogens (tertiary/aromatic N) is 1. The van der Waals surface area contributed by atoms with Crippen molar-refractivity contribution in [1.29, 1.82) is 0 Å². The van der Waals surface area contributed by atoms with Crippen LogP contribution in [0.4, 0.5) is 0 Å². The second-order valence-corrected chi connectivity index (χ2v) is 6.62. The number of piperazine rings is 1. The van der Waals surface area contributed by atoms with E-state index in [9.17, 15) is 9.59 Å². The summed E-state index contributed by atoms with van der Waals surface area (Å²) in [6.45, 7) is 4.24. The number of carbonyl (C=O) groups is 2. The van der Waals surface area contributed by atoms with Crippen LogP contribution in [-0.2, 0) is 14.3 Å². The predicted molar refractivity (Wildman–Crippen MR) is 74.0 cm³/mol. The molecule has 0 aromatic carbocycles. The van der Waals surface area contributed by atoms with Crippen LogP contribution in [0.2, 0.25) is 0 Å². The lowest BCUT2D eigenvalue weighted by molar-refractivity contribution is -0.150. The van der Waals surface area contributed by atoms with E-state index in [0.29, 0.717) is 19.1 Å². The summed E-state index contributed by atoms with van der Waals surface area (Å²) in [7, 11) is 0. The van der Waals surface area contributed by atoms with Crippen LogP contribution in [0.25, 0.3) is 0 Å². The molecule has 5 heteroatoms. The maximum absolute atomic E-state index is 12.5. The average Bonchev–Trinajstić information content (AvgIpc) is 3.27. The first-order chi connectivity index (χ1) is 9.59. The van der Waals surface area contributed by atoms with Gasteiger partial charge in [0.25, 0.3) is 0 Å². The van der Waals surface area contributed by atoms with Gasteiger partial charge >= 0.3 is 0 Å². The van der Waals surface area contributed by atoms with Crippen molar-refractivity contribution in [3.63, 3.8) is 0 Å². The van der Waals surface area contributed by atoms with Crippen LogP contribution in [0.15, 0.2) is 0 Å². The van der Waals surface area contributed by atoms with Crippen molar-refractivity contribution in [3.8, 4) is 0 Å². The van der Waals surface area contributed by atoms with E-state index in [1.54, 1.807) is 4.90 Å². The molecule has 3 rings (SSSR count). The summed E-state index contributed by atoms with van der Waals surface area (Å²) >= 11 is 0. The highest BCUT2D eigenvalue weighted by Gasteiger charge is 2.52. The smallest absolute Gasteiger partial charge is 0.248 e. The van der Waals surface area contributed by atoms with Crippen LogP contribution < -0.4 is 5.32 Å². The van der Waals surface area contributed by atoms with Crippen LogP contribution in [0.1, 0.15) is 39.0 Å². The Bertz CT molecular complexity index is 404. The molecule has 2 amide bonds. The normalized spacial score (nSPS) is 30.6. The molecule has 0 aromatic heterocycles. The van der Waals surface area contributed by atoms with Crippen molar-refractivity contribution in [2.45, 2.75) is 44.6 Å². The van der Waals surface area contributed by atoms with Crippen molar-refractivity contribution in [2.24, 2.45) is 11.8 Å². The summed E-state index contributed by atoms with van der Waals surface area (Å²) in [6.07, 6.45) is 5.49. The quantitative estimate of drug-likeness (QED) is 0.706. The predicted octanol–water partition coefficient (Wildman–Crippen LogP) is 0.930. The van der Waals surface area contributed by atoms with Crippen molar-refractivity contribution < 1.29 is 14.3 Å². The summed E-state index contributed by atoms with van der Waals surface area (Å²) < 4.78 is 5.58. The van der Waals surface area contributed by atoms with Gasteiger partial charge in [-0.3, -0.25) is 9.59 Å². The molecule has 1 heterocycles. The van der Waals surface area contributed by atoms with Crippen molar-refractivity contribution in [3.05, 3.63) is 0 Å². The first-order valence-corrected chi connectivity index (χ1v) is 7.78. The SMILES string of the molecule is CC1(C2CC2)NC(=O)CN(CCCOCC2CC2)C1=O. The average molecular weight is 280 g/mol. The van der Waals surface area contributed by atoms with Crippen molar-refractivity contribution in [2.75, 3.05) is 26.3 Å². The van der Waals surface area contributed by atoms with Crippen LogP contribution in [0, 0.1) is 11.8 Å². The summed E-state index contributed by atoms with van der Waals surface area (Å²) in [4.78, 5) is 26.0. The van der Waals surface area contributed by atoms with E-state index in [4.69, 9.17) is 4.74 Å². The highest BCUT2D eigenvalue weighted by Crippen LogP contribution is 2.41. The maximum Gasteiger partial charge on any atom is 0.248 e. The largest absolute Gasteiger partial charge is 0.381 e. The third-order valence-electron chi connectivity index (χ3n) is 4.63. The Morgan fingerprint density at radius 2 is 2.05 bits per heavy atom. The number of carbonyl (C=O) groups excluding carboxylic acids is 2. The summed E-state index contributed by atoms with van der Waals surface area (Å²) in [5.74, 6) is 1.16. The minimum atomic E-state index is -0.662. The van der Waals surface area contributed by atoms with Crippen LogP contribution >= 0.6 is 0 Å². The molecule has 1 N–H and O–H groups in total. The van der Waals surface area contributed by atoms with Gasteiger partial charge in [0, 0.05) is 19.8 Å². The number of hydrogen-bond donors (Lipinski definition) is 1. The zero-order valence-electron chi connectivity index (χ0n) is 12.2. The number of ether oxygens (including phenoxy) is 1. The third-order valence-corrected chi connectivity index (χ3v) is 4.63. The van der Waals surface area contributed by atoms with Gasteiger partial charge in [0.05, 0.1) is 6.54 Å². The zero-order chi connectivity index (χ0) is 14.2. The Morgan fingerprint density at radius 3 is 2.70 bits per heavy atom. The second kappa shape index (κ2) is 5.35. The molecule has 0 spiro atoms. The van der Waals surface area contributed by atoms with E-state index >= 15 is 0 Å². The number of hydrogen-bond acceptors (Lipinski definition) is 3. The minimum absolute atomic E-state index is 0.0297. The van der Waals surface area contributed by atoms with Crippen molar-refractivity contribution >= 4 is 11.8 Å². The monoisotopic (exact) mass is 280 g/mol. The molecule has 112 valence electrons. The molecular formula is C15H24N2O3. The number of amides is 2. The molecule has 1 saturated heterocycles. The fraction of sp³-hybridized carbons (Fsp3) is 0.867. The zero-order valence-corrected chi connectivity index (χ0v) is 12.2. The standard InChI is InChI=1S/C15H24N2O3/c1-15(12-5-6-12)14(19)17(9-13(18)16-15)7-2-8-20-10-11-3-4-11/h11-12H,2-10H2,1H3,(H,16,18). The molecule has 2 aliphatic carbocycles. The van der Waals surface area contributed by atoms with E-state index in [0.717, 1.165) is 31.8 Å². The van der Waals surface area contributed by atoms with Gasteiger partial charge in [0.1, 0.15) is 5.54 Å². The van der Waals surface area contributed by atoms with E-state index in [-0.39, 0.29) is 18.4 Å². The lowest BCUT2D eigenvalue weighted by Gasteiger charge is -2.40.